The van der Waals surface area contributed by atoms with Crippen molar-refractivity contribution in [2.24, 2.45) is 5.41 Å². The second kappa shape index (κ2) is 5.00. The molecule has 1 aromatic rings. The van der Waals surface area contributed by atoms with Crippen molar-refractivity contribution in [1.82, 2.24) is 0 Å². The summed E-state index contributed by atoms with van der Waals surface area (Å²) in [6, 6.07) is 5.34. The van der Waals surface area contributed by atoms with Gasteiger partial charge in [0.2, 0.25) is 0 Å². The Kier molecular flexibility index (Phi) is 4.14. The fourth-order valence-electron chi connectivity index (χ4n) is 1.41. The predicted octanol–water partition coefficient (Wildman–Crippen LogP) is 4.04. The fraction of sp³-hybridized carbons (Fsp3) is 0.462. The summed E-state index contributed by atoms with van der Waals surface area (Å²) in [5, 5.41) is 0. The molecule has 0 unspecified atom stereocenters. The summed E-state index contributed by atoms with van der Waals surface area (Å²) in [5.74, 6) is 0.155. The van der Waals surface area contributed by atoms with Crippen LogP contribution in [0.5, 0.6) is 0 Å². The van der Waals surface area contributed by atoms with Crippen LogP contribution >= 0.6 is 15.9 Å². The summed E-state index contributed by atoms with van der Waals surface area (Å²) in [6.07, 6.45) is 1.46. The number of Topliss-reactive ketones (excluding diaryl/α,β-unsaturated/α-hetero) is 1. The molecule has 0 heterocycles. The molecule has 3 heteroatoms. The highest BCUT2D eigenvalue weighted by Crippen LogP contribution is 2.24. The average Bonchev–Trinajstić information content (AvgIpc) is 2.11. The molecule has 0 saturated heterocycles. The lowest BCUT2D eigenvalue weighted by molar-refractivity contribution is 0.0966. The summed E-state index contributed by atoms with van der Waals surface area (Å²) in [5.41, 5.74) is 7.19. The van der Waals surface area contributed by atoms with Gasteiger partial charge in [0.25, 0.3) is 0 Å². The second-order valence-corrected chi connectivity index (χ2v) is 6.17. The van der Waals surface area contributed by atoms with E-state index in [1.54, 1.807) is 12.1 Å². The van der Waals surface area contributed by atoms with Gasteiger partial charge in [-0.2, -0.15) is 0 Å². The Morgan fingerprint density at radius 1 is 1.31 bits per heavy atom. The monoisotopic (exact) mass is 283 g/mol. The van der Waals surface area contributed by atoms with Crippen LogP contribution in [0.3, 0.4) is 0 Å². The van der Waals surface area contributed by atoms with Gasteiger partial charge in [-0.25, -0.2) is 0 Å². The Balaban J connectivity index is 2.73. The lowest BCUT2D eigenvalue weighted by atomic mass is 9.88. The molecule has 16 heavy (non-hydrogen) atoms. The number of nitrogen functional groups attached to an aromatic ring is 1. The van der Waals surface area contributed by atoms with E-state index >= 15 is 0 Å². The maximum Gasteiger partial charge on any atom is 0.163 e. The number of anilines is 1. The molecule has 2 nitrogen and oxygen atoms in total. The Bertz CT molecular complexity index is 373. The van der Waals surface area contributed by atoms with Crippen LogP contribution in [0.25, 0.3) is 0 Å². The molecular weight excluding hydrogens is 266 g/mol. The van der Waals surface area contributed by atoms with E-state index in [0.717, 1.165) is 10.9 Å². The Labute approximate surface area is 105 Å². The molecule has 0 atom stereocenters. The Morgan fingerprint density at radius 3 is 2.44 bits per heavy atom. The molecule has 0 aliphatic rings. The Morgan fingerprint density at radius 2 is 1.94 bits per heavy atom. The first-order valence-corrected chi connectivity index (χ1v) is 6.16. The minimum atomic E-state index is 0.155. The van der Waals surface area contributed by atoms with E-state index in [9.17, 15) is 4.79 Å². The van der Waals surface area contributed by atoms with E-state index in [4.69, 9.17) is 5.73 Å². The number of benzene rings is 1. The van der Waals surface area contributed by atoms with Gasteiger partial charge in [-0.1, -0.05) is 36.7 Å². The van der Waals surface area contributed by atoms with Crippen LogP contribution in [-0.2, 0) is 0 Å². The largest absolute Gasteiger partial charge is 0.399 e. The first-order chi connectivity index (χ1) is 7.28. The number of carbonyl (C=O) groups excluding carboxylic acids is 1. The molecule has 0 aliphatic heterocycles. The zero-order valence-electron chi connectivity index (χ0n) is 10.0. The van der Waals surface area contributed by atoms with Crippen LogP contribution in [0.4, 0.5) is 5.69 Å². The van der Waals surface area contributed by atoms with Crippen LogP contribution < -0.4 is 5.73 Å². The lowest BCUT2D eigenvalue weighted by Gasteiger charge is -2.17. The number of hydrogen-bond donors (Lipinski definition) is 1. The first kappa shape index (κ1) is 13.2. The van der Waals surface area contributed by atoms with E-state index in [-0.39, 0.29) is 11.2 Å². The van der Waals surface area contributed by atoms with Crippen molar-refractivity contribution in [1.29, 1.82) is 0 Å². The maximum absolute atomic E-state index is 11.9. The van der Waals surface area contributed by atoms with Crippen LogP contribution in [0, 0.1) is 5.41 Å². The third-order valence-corrected chi connectivity index (χ3v) is 2.80. The topological polar surface area (TPSA) is 43.1 Å². The van der Waals surface area contributed by atoms with E-state index in [1.165, 1.54) is 0 Å². The third-order valence-electron chi connectivity index (χ3n) is 2.34. The van der Waals surface area contributed by atoms with Gasteiger partial charge in [-0.05, 0) is 30.0 Å². The molecule has 0 saturated carbocycles. The van der Waals surface area contributed by atoms with Gasteiger partial charge in [0.05, 0.1) is 0 Å². The van der Waals surface area contributed by atoms with Crippen molar-refractivity contribution < 1.29 is 4.79 Å². The second-order valence-electron chi connectivity index (χ2n) is 5.26. The highest BCUT2D eigenvalue weighted by atomic mass is 79.9. The highest BCUT2D eigenvalue weighted by molar-refractivity contribution is 9.10. The lowest BCUT2D eigenvalue weighted by Crippen LogP contribution is -2.09. The summed E-state index contributed by atoms with van der Waals surface area (Å²) in [6.45, 7) is 6.40. The molecule has 0 bridgehead atoms. The quantitative estimate of drug-likeness (QED) is 0.672. The molecule has 1 rings (SSSR count). The Hall–Kier alpha value is -0.830. The van der Waals surface area contributed by atoms with Crippen LogP contribution in [0.15, 0.2) is 22.7 Å². The average molecular weight is 284 g/mol. The number of halogens is 1. The SMILES string of the molecule is CC(C)(C)CCC(=O)c1cc(N)cc(Br)c1. The molecule has 88 valence electrons. The van der Waals surface area contributed by atoms with Crippen LogP contribution in [-0.4, -0.2) is 5.78 Å². The van der Waals surface area contributed by atoms with Crippen molar-refractivity contribution in [3.8, 4) is 0 Å². The van der Waals surface area contributed by atoms with Crippen LogP contribution in [0.1, 0.15) is 44.0 Å². The standard InChI is InChI=1S/C13H18BrNO/c1-13(2,3)5-4-12(16)9-6-10(14)8-11(15)7-9/h6-8H,4-5,15H2,1-3H3. The molecular formula is C13H18BrNO. The molecule has 0 fully saturated rings. The van der Waals surface area contributed by atoms with Crippen molar-refractivity contribution in [3.05, 3.63) is 28.2 Å². The summed E-state index contributed by atoms with van der Waals surface area (Å²) >= 11 is 3.34. The molecule has 0 aliphatic carbocycles. The summed E-state index contributed by atoms with van der Waals surface area (Å²) in [7, 11) is 0. The molecule has 2 N–H and O–H groups in total. The fourth-order valence-corrected chi connectivity index (χ4v) is 1.92. The predicted molar refractivity (Wildman–Crippen MR) is 71.6 cm³/mol. The highest BCUT2D eigenvalue weighted by Gasteiger charge is 2.14. The maximum atomic E-state index is 11.9. The number of hydrogen-bond acceptors (Lipinski definition) is 2. The minimum Gasteiger partial charge on any atom is -0.399 e. The number of rotatable bonds is 3. The third kappa shape index (κ3) is 4.35. The zero-order valence-corrected chi connectivity index (χ0v) is 11.6. The van der Waals surface area contributed by atoms with Crippen LogP contribution in [0.2, 0.25) is 0 Å². The molecule has 0 spiro atoms. The van der Waals surface area contributed by atoms with E-state index in [1.807, 2.05) is 6.07 Å². The molecule has 0 radical (unpaired) electrons. The molecule has 0 amide bonds. The van der Waals surface area contributed by atoms with Crippen molar-refractivity contribution in [3.63, 3.8) is 0 Å². The van der Waals surface area contributed by atoms with E-state index in [0.29, 0.717) is 17.7 Å². The van der Waals surface area contributed by atoms with E-state index in [2.05, 4.69) is 36.7 Å². The number of ketones is 1. The zero-order chi connectivity index (χ0) is 12.3. The van der Waals surface area contributed by atoms with Gasteiger partial charge in [0, 0.05) is 22.1 Å². The van der Waals surface area contributed by atoms with Gasteiger partial charge < -0.3 is 5.73 Å². The van der Waals surface area contributed by atoms with Gasteiger partial charge >= 0.3 is 0 Å². The molecule has 1 aromatic carbocycles. The molecule has 0 aromatic heterocycles. The summed E-state index contributed by atoms with van der Waals surface area (Å²) < 4.78 is 0.853. The number of carbonyl (C=O) groups is 1. The smallest absolute Gasteiger partial charge is 0.163 e. The first-order valence-electron chi connectivity index (χ1n) is 5.37. The van der Waals surface area contributed by atoms with Crippen molar-refractivity contribution in [2.75, 3.05) is 5.73 Å². The summed E-state index contributed by atoms with van der Waals surface area (Å²) in [4.78, 5) is 11.9. The van der Waals surface area contributed by atoms with Crippen molar-refractivity contribution in [2.45, 2.75) is 33.6 Å². The van der Waals surface area contributed by atoms with Gasteiger partial charge in [-0.3, -0.25) is 4.79 Å². The van der Waals surface area contributed by atoms with E-state index < -0.39 is 0 Å². The van der Waals surface area contributed by atoms with Gasteiger partial charge in [0.1, 0.15) is 0 Å². The van der Waals surface area contributed by atoms with Crippen molar-refractivity contribution >= 4 is 27.4 Å². The van der Waals surface area contributed by atoms with Gasteiger partial charge in [0.15, 0.2) is 5.78 Å². The normalized spacial score (nSPS) is 11.5. The van der Waals surface area contributed by atoms with Gasteiger partial charge in [-0.15, -0.1) is 0 Å². The number of nitrogens with two attached hydrogens (primary N) is 1. The minimum absolute atomic E-state index is 0.155.